The zero-order valence-electron chi connectivity index (χ0n) is 9.01. The zero-order chi connectivity index (χ0) is 11.6. The summed E-state index contributed by atoms with van der Waals surface area (Å²) in [7, 11) is 0. The Labute approximate surface area is 87.7 Å². The number of halogens is 2. The summed E-state index contributed by atoms with van der Waals surface area (Å²) in [5, 5.41) is 2.84. The molecule has 1 atom stereocenters. The maximum atomic E-state index is 13.2. The Morgan fingerprint density at radius 1 is 1.27 bits per heavy atom. The third kappa shape index (κ3) is 2.78. The SMILES string of the molecule is CC(C)C(C)Nc1nc(N)c(F)cc1F. The van der Waals surface area contributed by atoms with Gasteiger partial charge in [0.05, 0.1) is 0 Å². The van der Waals surface area contributed by atoms with Gasteiger partial charge >= 0.3 is 0 Å². The van der Waals surface area contributed by atoms with Crippen molar-refractivity contribution in [3.05, 3.63) is 17.7 Å². The van der Waals surface area contributed by atoms with Gasteiger partial charge in [0.15, 0.2) is 23.3 Å². The molecule has 1 rings (SSSR count). The standard InChI is InChI=1S/C10H15F2N3/c1-5(2)6(3)14-10-8(12)4-7(11)9(13)15-10/h4-6H,1-3H3,(H3,13,14,15). The smallest absolute Gasteiger partial charge is 0.168 e. The molecule has 1 heterocycles. The lowest BCUT2D eigenvalue weighted by Gasteiger charge is -2.18. The van der Waals surface area contributed by atoms with E-state index in [1.807, 2.05) is 20.8 Å². The molecule has 1 unspecified atom stereocenters. The molecule has 0 bridgehead atoms. The van der Waals surface area contributed by atoms with Crippen LogP contribution in [-0.2, 0) is 0 Å². The number of hydrogen-bond donors (Lipinski definition) is 2. The minimum Gasteiger partial charge on any atom is -0.381 e. The highest BCUT2D eigenvalue weighted by molar-refractivity contribution is 5.45. The molecule has 3 N–H and O–H groups in total. The number of rotatable bonds is 3. The van der Waals surface area contributed by atoms with Gasteiger partial charge in [-0.05, 0) is 12.8 Å². The van der Waals surface area contributed by atoms with E-state index in [9.17, 15) is 8.78 Å². The first-order valence-corrected chi connectivity index (χ1v) is 4.80. The minimum absolute atomic E-state index is 0.00454. The molecule has 1 aromatic heterocycles. The van der Waals surface area contributed by atoms with Crippen molar-refractivity contribution in [2.75, 3.05) is 11.1 Å². The number of pyridine rings is 1. The van der Waals surface area contributed by atoms with Crippen molar-refractivity contribution in [3.8, 4) is 0 Å². The summed E-state index contributed by atoms with van der Waals surface area (Å²) in [6, 6.07) is 0.773. The van der Waals surface area contributed by atoms with E-state index in [-0.39, 0.29) is 17.7 Å². The van der Waals surface area contributed by atoms with Crippen LogP contribution >= 0.6 is 0 Å². The largest absolute Gasteiger partial charge is 0.381 e. The van der Waals surface area contributed by atoms with Crippen LogP contribution in [0.1, 0.15) is 20.8 Å². The van der Waals surface area contributed by atoms with Crippen LogP contribution in [0.15, 0.2) is 6.07 Å². The van der Waals surface area contributed by atoms with E-state index < -0.39 is 11.6 Å². The molecule has 0 aliphatic rings. The van der Waals surface area contributed by atoms with Crippen LogP contribution in [0, 0.1) is 17.6 Å². The Balaban J connectivity index is 2.91. The number of hydrogen-bond acceptors (Lipinski definition) is 3. The zero-order valence-corrected chi connectivity index (χ0v) is 9.01. The molecule has 0 saturated heterocycles. The topological polar surface area (TPSA) is 50.9 Å². The molecule has 0 aliphatic carbocycles. The molecule has 3 nitrogen and oxygen atoms in total. The summed E-state index contributed by atoms with van der Waals surface area (Å²) in [6.45, 7) is 5.87. The van der Waals surface area contributed by atoms with Crippen molar-refractivity contribution in [1.82, 2.24) is 4.98 Å². The third-order valence-electron chi connectivity index (χ3n) is 2.32. The average Bonchev–Trinajstić information content (AvgIpc) is 2.13. The molecule has 0 spiro atoms. The maximum Gasteiger partial charge on any atom is 0.168 e. The van der Waals surface area contributed by atoms with Gasteiger partial charge < -0.3 is 11.1 Å². The van der Waals surface area contributed by atoms with E-state index in [0.29, 0.717) is 5.92 Å². The highest BCUT2D eigenvalue weighted by Crippen LogP contribution is 2.18. The van der Waals surface area contributed by atoms with Crippen LogP contribution in [-0.4, -0.2) is 11.0 Å². The minimum atomic E-state index is -0.838. The Bertz CT molecular complexity index is 353. The van der Waals surface area contributed by atoms with Crippen LogP contribution < -0.4 is 11.1 Å². The van der Waals surface area contributed by atoms with E-state index in [1.54, 1.807) is 0 Å². The predicted octanol–water partition coefficient (Wildman–Crippen LogP) is 2.40. The second-order valence-electron chi connectivity index (χ2n) is 3.86. The highest BCUT2D eigenvalue weighted by Gasteiger charge is 2.13. The molecule has 0 aliphatic heterocycles. The Kier molecular flexibility index (Phi) is 3.44. The summed E-state index contributed by atoms with van der Waals surface area (Å²) < 4.78 is 26.0. The van der Waals surface area contributed by atoms with Gasteiger partial charge in [0, 0.05) is 12.1 Å². The first kappa shape index (κ1) is 11.7. The van der Waals surface area contributed by atoms with E-state index in [2.05, 4.69) is 10.3 Å². The Morgan fingerprint density at radius 3 is 2.40 bits per heavy atom. The maximum absolute atomic E-state index is 13.2. The van der Waals surface area contributed by atoms with E-state index in [0.717, 1.165) is 6.07 Å². The van der Waals surface area contributed by atoms with Gasteiger partial charge in [0.25, 0.3) is 0 Å². The van der Waals surface area contributed by atoms with Crippen molar-refractivity contribution < 1.29 is 8.78 Å². The van der Waals surface area contributed by atoms with Gasteiger partial charge in [-0.15, -0.1) is 0 Å². The number of aromatic nitrogens is 1. The molecule has 15 heavy (non-hydrogen) atoms. The molecule has 0 saturated carbocycles. The molecule has 0 radical (unpaired) electrons. The molecular formula is C10H15F2N3. The lowest BCUT2D eigenvalue weighted by Crippen LogP contribution is -2.23. The number of nitrogens with one attached hydrogen (secondary N) is 1. The summed E-state index contributed by atoms with van der Waals surface area (Å²) in [5.41, 5.74) is 5.25. The monoisotopic (exact) mass is 215 g/mol. The van der Waals surface area contributed by atoms with Crippen LogP contribution in [0.5, 0.6) is 0 Å². The fourth-order valence-electron chi connectivity index (χ4n) is 0.964. The third-order valence-corrected chi connectivity index (χ3v) is 2.32. The van der Waals surface area contributed by atoms with Crippen LogP contribution in [0.2, 0.25) is 0 Å². The molecule has 5 heteroatoms. The number of nitrogen functional groups attached to an aromatic ring is 1. The van der Waals surface area contributed by atoms with Crippen LogP contribution in [0.3, 0.4) is 0 Å². The van der Waals surface area contributed by atoms with E-state index >= 15 is 0 Å². The average molecular weight is 215 g/mol. The van der Waals surface area contributed by atoms with Gasteiger partial charge in [-0.25, -0.2) is 13.8 Å². The molecule has 0 aromatic carbocycles. The second-order valence-corrected chi connectivity index (χ2v) is 3.86. The first-order valence-electron chi connectivity index (χ1n) is 4.80. The fraction of sp³-hybridized carbons (Fsp3) is 0.500. The van der Waals surface area contributed by atoms with Gasteiger partial charge in [0.1, 0.15) is 0 Å². The van der Waals surface area contributed by atoms with Crippen molar-refractivity contribution in [2.24, 2.45) is 5.92 Å². The van der Waals surface area contributed by atoms with Gasteiger partial charge in [-0.1, -0.05) is 13.8 Å². The summed E-state index contributed by atoms with van der Waals surface area (Å²) in [5.74, 6) is -1.55. The number of anilines is 2. The first-order chi connectivity index (χ1) is 6.91. The van der Waals surface area contributed by atoms with Crippen molar-refractivity contribution in [2.45, 2.75) is 26.8 Å². The quantitative estimate of drug-likeness (QED) is 0.814. The summed E-state index contributed by atoms with van der Waals surface area (Å²) >= 11 is 0. The van der Waals surface area contributed by atoms with Gasteiger partial charge in [-0.2, -0.15) is 0 Å². The molecule has 1 aromatic rings. The molecule has 0 fully saturated rings. The Morgan fingerprint density at radius 2 is 1.87 bits per heavy atom. The number of nitrogens with zero attached hydrogens (tertiary/aromatic N) is 1. The molecule has 84 valence electrons. The summed E-state index contributed by atoms with van der Waals surface area (Å²) in [4.78, 5) is 3.61. The molecular weight excluding hydrogens is 200 g/mol. The fourth-order valence-corrected chi connectivity index (χ4v) is 0.964. The number of nitrogens with two attached hydrogens (primary N) is 1. The van der Waals surface area contributed by atoms with E-state index in [4.69, 9.17) is 5.73 Å². The summed E-state index contributed by atoms with van der Waals surface area (Å²) in [6.07, 6.45) is 0. The van der Waals surface area contributed by atoms with Crippen molar-refractivity contribution >= 4 is 11.6 Å². The van der Waals surface area contributed by atoms with Gasteiger partial charge in [0.2, 0.25) is 0 Å². The van der Waals surface area contributed by atoms with Crippen LogP contribution in [0.4, 0.5) is 20.4 Å². The normalized spacial score (nSPS) is 12.9. The lowest BCUT2D eigenvalue weighted by molar-refractivity contribution is 0.543. The highest BCUT2D eigenvalue weighted by atomic mass is 19.1. The molecule has 0 amide bonds. The van der Waals surface area contributed by atoms with Crippen molar-refractivity contribution in [1.29, 1.82) is 0 Å². The van der Waals surface area contributed by atoms with Crippen molar-refractivity contribution in [3.63, 3.8) is 0 Å². The lowest BCUT2D eigenvalue weighted by atomic mass is 10.1. The van der Waals surface area contributed by atoms with E-state index in [1.165, 1.54) is 0 Å². The van der Waals surface area contributed by atoms with Gasteiger partial charge in [-0.3, -0.25) is 0 Å². The predicted molar refractivity (Wildman–Crippen MR) is 56.5 cm³/mol. The van der Waals surface area contributed by atoms with Crippen LogP contribution in [0.25, 0.3) is 0 Å². The second kappa shape index (κ2) is 4.42. The Hall–Kier alpha value is -1.39.